The van der Waals surface area contributed by atoms with E-state index in [0.29, 0.717) is 51.9 Å². The zero-order valence-corrected chi connectivity index (χ0v) is 22.2. The summed E-state index contributed by atoms with van der Waals surface area (Å²) in [5.74, 6) is 0.688. The van der Waals surface area contributed by atoms with Gasteiger partial charge in [0.2, 0.25) is 5.91 Å². The molecular weight excluding hydrogens is 519 g/mol. The second-order valence-electron chi connectivity index (χ2n) is 10.6. The number of imidazole rings is 1. The molecule has 0 radical (unpaired) electrons. The van der Waals surface area contributed by atoms with Crippen LogP contribution in [-0.2, 0) is 4.79 Å². The summed E-state index contributed by atoms with van der Waals surface area (Å²) in [6, 6.07) is 12.1. The summed E-state index contributed by atoms with van der Waals surface area (Å²) in [7, 11) is 0. The van der Waals surface area contributed by atoms with Crippen LogP contribution in [0.5, 0.6) is 0 Å². The molecule has 1 aromatic carbocycles. The number of hydrogen-bond acceptors (Lipinski definition) is 6. The minimum absolute atomic E-state index is 0.0256. The van der Waals surface area contributed by atoms with Gasteiger partial charge in [0.15, 0.2) is 17.1 Å². The minimum Gasteiger partial charge on any atom is -0.325 e. The average Bonchev–Trinajstić information content (AvgIpc) is 3.61. The summed E-state index contributed by atoms with van der Waals surface area (Å²) >= 11 is 0. The van der Waals surface area contributed by atoms with Gasteiger partial charge in [0.25, 0.3) is 0 Å². The Kier molecular flexibility index (Phi) is 6.42. The highest BCUT2D eigenvalue weighted by molar-refractivity contribution is 5.96. The van der Waals surface area contributed by atoms with E-state index in [0.717, 1.165) is 34.9 Å². The Hall–Kier alpha value is -4.99. The zero-order chi connectivity index (χ0) is 27.8. The average molecular weight is 547 g/mol. The smallest absolute Gasteiger partial charge is 0.224 e. The lowest BCUT2D eigenvalue weighted by Crippen LogP contribution is -2.18. The van der Waals surface area contributed by atoms with Gasteiger partial charge in [-0.3, -0.25) is 14.9 Å². The van der Waals surface area contributed by atoms with Gasteiger partial charge in [-0.2, -0.15) is 5.10 Å². The molecule has 1 aliphatic carbocycles. The van der Waals surface area contributed by atoms with E-state index in [1.54, 1.807) is 30.9 Å². The summed E-state index contributed by atoms with van der Waals surface area (Å²) in [5, 5.41) is 11.2. The molecule has 7 rings (SSSR count). The first-order valence-electron chi connectivity index (χ1n) is 13.8. The maximum absolute atomic E-state index is 13.9. The normalized spacial score (nSPS) is 14.1. The first kappa shape index (κ1) is 25.0. The molecule has 1 fully saturated rings. The van der Waals surface area contributed by atoms with Gasteiger partial charge in [-0.05, 0) is 54.7 Å². The van der Waals surface area contributed by atoms with Crippen molar-refractivity contribution in [1.82, 2.24) is 35.1 Å². The Bertz CT molecular complexity index is 1890. The highest BCUT2D eigenvalue weighted by Gasteiger charge is 2.19. The molecule has 5 heterocycles. The lowest BCUT2D eigenvalue weighted by Gasteiger charge is -2.20. The molecule has 204 valence electrons. The third kappa shape index (κ3) is 5.04. The largest absolute Gasteiger partial charge is 0.325 e. The Morgan fingerprint density at radius 2 is 1.83 bits per heavy atom. The second-order valence-corrected chi connectivity index (χ2v) is 10.6. The van der Waals surface area contributed by atoms with Crippen LogP contribution in [0.15, 0.2) is 67.3 Å². The van der Waals surface area contributed by atoms with Gasteiger partial charge in [0.05, 0.1) is 17.3 Å². The van der Waals surface area contributed by atoms with Crippen molar-refractivity contribution in [3.8, 4) is 33.8 Å². The van der Waals surface area contributed by atoms with Gasteiger partial charge in [0, 0.05) is 41.7 Å². The number of aromatic nitrogens is 7. The van der Waals surface area contributed by atoms with Crippen LogP contribution >= 0.6 is 0 Å². The highest BCUT2D eigenvalue weighted by Crippen LogP contribution is 2.32. The van der Waals surface area contributed by atoms with Crippen LogP contribution in [0.25, 0.3) is 56.0 Å². The number of H-pyrrole nitrogens is 2. The molecule has 3 N–H and O–H groups in total. The number of halogens is 1. The van der Waals surface area contributed by atoms with Crippen molar-refractivity contribution in [2.45, 2.75) is 38.5 Å². The fourth-order valence-corrected chi connectivity index (χ4v) is 5.69. The number of hydrogen-bond donors (Lipinski definition) is 3. The Labute approximate surface area is 234 Å². The fourth-order valence-electron chi connectivity index (χ4n) is 5.69. The number of carbonyl (C=O) groups is 1. The molecule has 6 aromatic rings. The van der Waals surface area contributed by atoms with Gasteiger partial charge in [-0.1, -0.05) is 31.4 Å². The van der Waals surface area contributed by atoms with E-state index in [1.807, 2.05) is 24.3 Å². The Morgan fingerprint density at radius 3 is 2.71 bits per heavy atom. The molecule has 1 saturated carbocycles. The third-order valence-corrected chi connectivity index (χ3v) is 7.72. The van der Waals surface area contributed by atoms with Gasteiger partial charge in [-0.15, -0.1) is 0 Å². The van der Waals surface area contributed by atoms with E-state index in [4.69, 9.17) is 4.98 Å². The maximum Gasteiger partial charge on any atom is 0.224 e. The summed E-state index contributed by atoms with van der Waals surface area (Å²) < 4.78 is 13.9. The fraction of sp³-hybridized carbons (Fsp3) is 0.226. The number of pyridine rings is 3. The topological polar surface area (TPSA) is 125 Å². The second kappa shape index (κ2) is 10.5. The summed E-state index contributed by atoms with van der Waals surface area (Å²) in [4.78, 5) is 34.1. The molecule has 0 aliphatic heterocycles. The third-order valence-electron chi connectivity index (χ3n) is 7.72. The number of nitrogens with zero attached hydrogens (tertiary/aromatic N) is 5. The number of carbonyl (C=O) groups excluding carboxylic acids is 1. The van der Waals surface area contributed by atoms with Crippen molar-refractivity contribution in [2.24, 2.45) is 5.92 Å². The van der Waals surface area contributed by atoms with Crippen molar-refractivity contribution < 1.29 is 9.18 Å². The molecule has 1 amide bonds. The van der Waals surface area contributed by atoms with Gasteiger partial charge < -0.3 is 10.3 Å². The first-order chi connectivity index (χ1) is 20.1. The molecule has 41 heavy (non-hydrogen) atoms. The van der Waals surface area contributed by atoms with Crippen molar-refractivity contribution in [2.75, 3.05) is 5.32 Å². The number of aromatic amines is 2. The van der Waals surface area contributed by atoms with Crippen molar-refractivity contribution in [1.29, 1.82) is 0 Å². The van der Waals surface area contributed by atoms with Crippen LogP contribution in [0.1, 0.15) is 38.5 Å². The monoisotopic (exact) mass is 546 g/mol. The summed E-state index contributed by atoms with van der Waals surface area (Å²) in [6.45, 7) is 0. The molecule has 5 aromatic heterocycles. The zero-order valence-electron chi connectivity index (χ0n) is 22.2. The lowest BCUT2D eigenvalue weighted by atomic mass is 9.87. The van der Waals surface area contributed by atoms with Gasteiger partial charge >= 0.3 is 0 Å². The van der Waals surface area contributed by atoms with Gasteiger partial charge in [0.1, 0.15) is 17.0 Å². The molecule has 0 bridgehead atoms. The van der Waals surface area contributed by atoms with E-state index in [-0.39, 0.29) is 11.7 Å². The number of nitrogens with one attached hydrogen (secondary N) is 3. The standard InChI is InChI=1S/C31H27FN8O/c32-22-8-4-7-19(12-22)24-9-10-34-30-27(24)37-31(38-30)28-25-14-21(16-35-29(25)40-39-28)20-13-23(17-33-15-20)36-26(41)11-18-5-2-1-3-6-18/h4,7-10,12-18H,1-3,5-6,11H2,(H,36,41)(H,34,37,38)(H,35,39,40). The number of benzene rings is 1. The van der Waals surface area contributed by atoms with E-state index in [2.05, 4.69) is 35.5 Å². The van der Waals surface area contributed by atoms with Crippen LogP contribution in [0, 0.1) is 11.7 Å². The summed E-state index contributed by atoms with van der Waals surface area (Å²) in [5.41, 5.74) is 6.16. The Balaban J connectivity index is 1.19. The predicted molar refractivity (Wildman–Crippen MR) is 155 cm³/mol. The number of amides is 1. The quantitative estimate of drug-likeness (QED) is 0.214. The van der Waals surface area contributed by atoms with Crippen molar-refractivity contribution in [3.05, 3.63) is 73.1 Å². The predicted octanol–water partition coefficient (Wildman–Crippen LogP) is 6.67. The minimum atomic E-state index is -0.317. The molecule has 9 nitrogen and oxygen atoms in total. The van der Waals surface area contributed by atoms with Crippen LogP contribution in [0.2, 0.25) is 0 Å². The summed E-state index contributed by atoms with van der Waals surface area (Å²) in [6.07, 6.45) is 13.3. The van der Waals surface area contributed by atoms with Crippen LogP contribution in [-0.4, -0.2) is 41.0 Å². The van der Waals surface area contributed by atoms with Crippen molar-refractivity contribution >= 4 is 33.8 Å². The molecule has 0 unspecified atom stereocenters. The molecule has 10 heteroatoms. The van der Waals surface area contributed by atoms with Crippen molar-refractivity contribution in [3.63, 3.8) is 0 Å². The van der Waals surface area contributed by atoms with E-state index < -0.39 is 0 Å². The molecule has 0 atom stereocenters. The molecule has 1 aliphatic rings. The van der Waals surface area contributed by atoms with E-state index >= 15 is 0 Å². The number of anilines is 1. The van der Waals surface area contributed by atoms with E-state index in [1.165, 1.54) is 31.4 Å². The van der Waals surface area contributed by atoms with E-state index in [9.17, 15) is 9.18 Å². The van der Waals surface area contributed by atoms with Gasteiger partial charge in [-0.25, -0.2) is 19.3 Å². The molecule has 0 spiro atoms. The van der Waals surface area contributed by atoms with Crippen LogP contribution in [0.3, 0.4) is 0 Å². The Morgan fingerprint density at radius 1 is 0.951 bits per heavy atom. The molecular formula is C31H27FN8O. The SMILES string of the molecule is O=C(CC1CCCCC1)Nc1cncc(-c2cnc3[nH]nc(-c4nc5c(-c6cccc(F)c6)ccnc5[nH]4)c3c2)c1. The number of rotatable bonds is 6. The first-order valence-corrected chi connectivity index (χ1v) is 13.8. The maximum atomic E-state index is 13.9. The molecule has 0 saturated heterocycles. The van der Waals surface area contributed by atoms with Crippen LogP contribution in [0.4, 0.5) is 10.1 Å². The highest BCUT2D eigenvalue weighted by atomic mass is 19.1. The lowest BCUT2D eigenvalue weighted by molar-refractivity contribution is -0.117. The van der Waals surface area contributed by atoms with Crippen LogP contribution < -0.4 is 5.32 Å². The number of fused-ring (bicyclic) bond motifs is 2.